The molecule has 0 fully saturated rings. The molecule has 1 aromatic rings. The van der Waals surface area contributed by atoms with Crippen LogP contribution in [-0.4, -0.2) is 18.5 Å². The van der Waals surface area contributed by atoms with Gasteiger partial charge in [-0.15, -0.1) is 0 Å². The van der Waals surface area contributed by atoms with Crippen LogP contribution in [0.15, 0.2) is 24.3 Å². The van der Waals surface area contributed by atoms with Crippen LogP contribution < -0.4 is 10.6 Å². The van der Waals surface area contributed by atoms with E-state index in [9.17, 15) is 4.79 Å². The molecule has 0 radical (unpaired) electrons. The first-order valence-corrected chi connectivity index (χ1v) is 7.22. The number of carbonyl (C=O) groups excluding carboxylic acids is 1. The Bertz CT molecular complexity index is 444. The fraction of sp³-hybridized carbons (Fsp3) is 0.562. The summed E-state index contributed by atoms with van der Waals surface area (Å²) < 4.78 is 0. The van der Waals surface area contributed by atoms with E-state index in [1.165, 1.54) is 11.1 Å². The Balaban J connectivity index is 2.09. The van der Waals surface area contributed by atoms with Crippen LogP contribution in [0.4, 0.5) is 0 Å². The first-order chi connectivity index (χ1) is 9.13. The van der Waals surface area contributed by atoms with E-state index in [1.807, 2.05) is 12.1 Å². The molecule has 104 valence electrons. The average molecular weight is 260 g/mol. The molecule has 0 saturated heterocycles. The number of hydrogen-bond donors (Lipinski definition) is 2. The Morgan fingerprint density at radius 3 is 2.89 bits per heavy atom. The lowest BCUT2D eigenvalue weighted by Crippen LogP contribution is -2.44. The first-order valence-electron chi connectivity index (χ1n) is 7.22. The zero-order valence-corrected chi connectivity index (χ0v) is 12.1. The molecule has 3 unspecified atom stereocenters. The molecule has 2 rings (SSSR count). The number of fused-ring (bicyclic) bond motifs is 1. The number of nitrogens with one attached hydrogen (secondary N) is 2. The van der Waals surface area contributed by atoms with Gasteiger partial charge in [0.25, 0.3) is 0 Å². The normalized spacial score (nSPS) is 21.3. The molecule has 3 heteroatoms. The standard InChI is InChI=1S/C16H24N2O/c1-4-11(2)12(3)18-16(19)15-10-17-9-13-7-5-6-8-14(13)15/h5-8,11-12,15,17H,4,9-10H2,1-3H3,(H,18,19). The number of amides is 1. The second kappa shape index (κ2) is 6.20. The summed E-state index contributed by atoms with van der Waals surface area (Å²) in [5.41, 5.74) is 2.42. The van der Waals surface area contributed by atoms with E-state index in [2.05, 4.69) is 43.5 Å². The Morgan fingerprint density at radius 1 is 1.42 bits per heavy atom. The third kappa shape index (κ3) is 3.16. The van der Waals surface area contributed by atoms with Gasteiger partial charge in [-0.25, -0.2) is 0 Å². The van der Waals surface area contributed by atoms with Crippen LogP contribution in [0.5, 0.6) is 0 Å². The van der Waals surface area contributed by atoms with Gasteiger partial charge in [0.2, 0.25) is 5.91 Å². The minimum Gasteiger partial charge on any atom is -0.353 e. The summed E-state index contributed by atoms with van der Waals surface area (Å²) in [6, 6.07) is 8.45. The molecule has 1 heterocycles. The highest BCUT2D eigenvalue weighted by Crippen LogP contribution is 2.24. The summed E-state index contributed by atoms with van der Waals surface area (Å²) in [6.07, 6.45) is 1.08. The Labute approximate surface area is 115 Å². The van der Waals surface area contributed by atoms with Crippen LogP contribution in [-0.2, 0) is 11.3 Å². The summed E-state index contributed by atoms with van der Waals surface area (Å²) in [5.74, 6) is 0.597. The van der Waals surface area contributed by atoms with Crippen molar-refractivity contribution in [3.05, 3.63) is 35.4 Å². The average Bonchev–Trinajstić information content (AvgIpc) is 2.45. The smallest absolute Gasteiger partial charge is 0.229 e. The van der Waals surface area contributed by atoms with Gasteiger partial charge in [0.1, 0.15) is 0 Å². The highest BCUT2D eigenvalue weighted by Gasteiger charge is 2.27. The van der Waals surface area contributed by atoms with Gasteiger partial charge in [0, 0.05) is 19.1 Å². The van der Waals surface area contributed by atoms with Gasteiger partial charge >= 0.3 is 0 Å². The van der Waals surface area contributed by atoms with Crippen molar-refractivity contribution in [1.82, 2.24) is 10.6 Å². The molecule has 0 aromatic heterocycles. The van der Waals surface area contributed by atoms with Gasteiger partial charge in [-0.3, -0.25) is 4.79 Å². The van der Waals surface area contributed by atoms with Crippen LogP contribution in [0.3, 0.4) is 0 Å². The van der Waals surface area contributed by atoms with Gasteiger partial charge in [0.05, 0.1) is 5.92 Å². The van der Waals surface area contributed by atoms with E-state index in [1.54, 1.807) is 0 Å². The van der Waals surface area contributed by atoms with Crippen molar-refractivity contribution in [2.75, 3.05) is 6.54 Å². The summed E-state index contributed by atoms with van der Waals surface area (Å²) >= 11 is 0. The molecule has 1 aliphatic rings. The zero-order valence-electron chi connectivity index (χ0n) is 12.1. The molecule has 3 nitrogen and oxygen atoms in total. The molecular weight excluding hydrogens is 236 g/mol. The fourth-order valence-corrected chi connectivity index (χ4v) is 2.55. The molecule has 0 bridgehead atoms. The van der Waals surface area contributed by atoms with E-state index >= 15 is 0 Å². The molecule has 1 aromatic carbocycles. The fourth-order valence-electron chi connectivity index (χ4n) is 2.55. The molecule has 3 atom stereocenters. The lowest BCUT2D eigenvalue weighted by Gasteiger charge is -2.28. The van der Waals surface area contributed by atoms with E-state index in [0.29, 0.717) is 5.92 Å². The SMILES string of the molecule is CCC(C)C(C)NC(=O)C1CNCc2ccccc21. The number of rotatable bonds is 4. The van der Waals surface area contributed by atoms with Crippen molar-refractivity contribution in [2.24, 2.45) is 5.92 Å². The minimum atomic E-state index is -0.0588. The van der Waals surface area contributed by atoms with Crippen molar-refractivity contribution in [3.8, 4) is 0 Å². The molecule has 0 spiro atoms. The van der Waals surface area contributed by atoms with Crippen LogP contribution in [0, 0.1) is 5.92 Å². The van der Waals surface area contributed by atoms with Crippen molar-refractivity contribution in [1.29, 1.82) is 0 Å². The zero-order chi connectivity index (χ0) is 13.8. The number of hydrogen-bond acceptors (Lipinski definition) is 2. The van der Waals surface area contributed by atoms with Crippen LogP contribution in [0.25, 0.3) is 0 Å². The van der Waals surface area contributed by atoms with Gasteiger partial charge in [-0.2, -0.15) is 0 Å². The molecular formula is C16H24N2O. The molecule has 2 N–H and O–H groups in total. The third-order valence-corrected chi connectivity index (χ3v) is 4.28. The second-order valence-corrected chi connectivity index (χ2v) is 5.57. The Kier molecular flexibility index (Phi) is 4.59. The van der Waals surface area contributed by atoms with Crippen LogP contribution >= 0.6 is 0 Å². The lowest BCUT2D eigenvalue weighted by atomic mass is 9.89. The predicted octanol–water partition coefficient (Wildman–Crippen LogP) is 2.42. The molecule has 19 heavy (non-hydrogen) atoms. The lowest BCUT2D eigenvalue weighted by molar-refractivity contribution is -0.123. The summed E-state index contributed by atoms with van der Waals surface area (Å²) in [6.45, 7) is 8.02. The Morgan fingerprint density at radius 2 is 2.16 bits per heavy atom. The van der Waals surface area contributed by atoms with Crippen molar-refractivity contribution >= 4 is 5.91 Å². The van der Waals surface area contributed by atoms with Gasteiger partial charge in [-0.05, 0) is 24.0 Å². The Hall–Kier alpha value is -1.35. The first kappa shape index (κ1) is 14.1. The van der Waals surface area contributed by atoms with Crippen LogP contribution in [0.2, 0.25) is 0 Å². The van der Waals surface area contributed by atoms with E-state index in [-0.39, 0.29) is 17.9 Å². The van der Waals surface area contributed by atoms with Gasteiger partial charge < -0.3 is 10.6 Å². The summed E-state index contributed by atoms with van der Waals surface area (Å²) in [5, 5.41) is 6.49. The van der Waals surface area contributed by atoms with Crippen molar-refractivity contribution in [3.63, 3.8) is 0 Å². The summed E-state index contributed by atoms with van der Waals surface area (Å²) in [4.78, 5) is 12.4. The maximum Gasteiger partial charge on any atom is 0.229 e. The van der Waals surface area contributed by atoms with Gasteiger partial charge in [0.15, 0.2) is 0 Å². The highest BCUT2D eigenvalue weighted by atomic mass is 16.2. The third-order valence-electron chi connectivity index (χ3n) is 4.28. The van der Waals surface area contributed by atoms with Crippen molar-refractivity contribution in [2.45, 2.75) is 45.7 Å². The largest absolute Gasteiger partial charge is 0.353 e. The van der Waals surface area contributed by atoms with Gasteiger partial charge in [-0.1, -0.05) is 44.5 Å². The van der Waals surface area contributed by atoms with E-state index in [0.717, 1.165) is 19.5 Å². The second-order valence-electron chi connectivity index (χ2n) is 5.57. The predicted molar refractivity (Wildman–Crippen MR) is 77.9 cm³/mol. The van der Waals surface area contributed by atoms with E-state index in [4.69, 9.17) is 0 Å². The minimum absolute atomic E-state index is 0.0588. The van der Waals surface area contributed by atoms with Crippen molar-refractivity contribution < 1.29 is 4.79 Å². The monoisotopic (exact) mass is 260 g/mol. The topological polar surface area (TPSA) is 41.1 Å². The highest BCUT2D eigenvalue weighted by molar-refractivity contribution is 5.84. The maximum atomic E-state index is 12.4. The quantitative estimate of drug-likeness (QED) is 0.873. The maximum absolute atomic E-state index is 12.4. The number of benzene rings is 1. The molecule has 0 aliphatic carbocycles. The van der Waals surface area contributed by atoms with Crippen LogP contribution in [0.1, 0.15) is 44.2 Å². The summed E-state index contributed by atoms with van der Waals surface area (Å²) in [7, 11) is 0. The molecule has 1 amide bonds. The molecule has 1 aliphatic heterocycles. The van der Waals surface area contributed by atoms with E-state index < -0.39 is 0 Å². The number of carbonyl (C=O) groups is 1. The molecule has 0 saturated carbocycles.